The van der Waals surface area contributed by atoms with Crippen LogP contribution in [0.25, 0.3) is 0 Å². The summed E-state index contributed by atoms with van der Waals surface area (Å²) in [7, 11) is 1.26. The van der Waals surface area contributed by atoms with Crippen LogP contribution in [0.2, 0.25) is 0 Å². The number of carbonyl (C=O) groups is 1. The SMILES string of the molecule is O=C(O)c1ccc(OCC2CCOCC2)c(S(=O)(=O)Cl)c1. The van der Waals surface area contributed by atoms with Crippen LogP contribution in [0, 0.1) is 5.92 Å². The molecule has 1 aromatic carbocycles. The van der Waals surface area contributed by atoms with Crippen molar-refractivity contribution in [3.8, 4) is 5.75 Å². The highest BCUT2D eigenvalue weighted by molar-refractivity contribution is 8.13. The average Bonchev–Trinajstić information content (AvgIpc) is 2.45. The predicted octanol–water partition coefficient (Wildman–Crippen LogP) is 2.12. The molecule has 1 saturated heterocycles. The van der Waals surface area contributed by atoms with E-state index >= 15 is 0 Å². The largest absolute Gasteiger partial charge is 0.492 e. The lowest BCUT2D eigenvalue weighted by molar-refractivity contribution is 0.0493. The van der Waals surface area contributed by atoms with Gasteiger partial charge in [0, 0.05) is 23.9 Å². The molecule has 0 atom stereocenters. The van der Waals surface area contributed by atoms with Crippen LogP contribution in [-0.4, -0.2) is 39.3 Å². The van der Waals surface area contributed by atoms with E-state index in [0.717, 1.165) is 18.9 Å². The number of benzene rings is 1. The van der Waals surface area contributed by atoms with Crippen molar-refractivity contribution >= 4 is 25.7 Å². The summed E-state index contributed by atoms with van der Waals surface area (Å²) in [5.74, 6) is -0.877. The normalized spacial score (nSPS) is 16.6. The monoisotopic (exact) mass is 334 g/mol. The number of hydrogen-bond acceptors (Lipinski definition) is 5. The van der Waals surface area contributed by atoms with Gasteiger partial charge in [-0.05, 0) is 37.0 Å². The number of halogens is 1. The Balaban J connectivity index is 2.19. The van der Waals surface area contributed by atoms with Crippen molar-refractivity contribution in [2.75, 3.05) is 19.8 Å². The lowest BCUT2D eigenvalue weighted by atomic mass is 10.0. The van der Waals surface area contributed by atoms with Gasteiger partial charge in [-0.15, -0.1) is 0 Å². The Bertz CT molecular complexity index is 622. The van der Waals surface area contributed by atoms with E-state index in [0.29, 0.717) is 19.8 Å². The molecule has 0 saturated carbocycles. The predicted molar refractivity (Wildman–Crippen MR) is 75.5 cm³/mol. The van der Waals surface area contributed by atoms with E-state index in [1.807, 2.05) is 0 Å². The van der Waals surface area contributed by atoms with Crippen LogP contribution in [-0.2, 0) is 13.8 Å². The molecule has 0 radical (unpaired) electrons. The molecule has 1 fully saturated rings. The van der Waals surface area contributed by atoms with Crippen LogP contribution in [0.5, 0.6) is 5.75 Å². The van der Waals surface area contributed by atoms with Crippen LogP contribution in [0.4, 0.5) is 0 Å². The highest BCUT2D eigenvalue weighted by Crippen LogP contribution is 2.29. The Morgan fingerprint density at radius 1 is 1.38 bits per heavy atom. The molecule has 0 amide bonds. The minimum absolute atomic E-state index is 0.0708. The zero-order valence-corrected chi connectivity index (χ0v) is 12.7. The second kappa shape index (κ2) is 6.64. The topological polar surface area (TPSA) is 89.9 Å². The minimum atomic E-state index is -4.08. The molecular formula is C13H15ClO6S. The number of aromatic carboxylic acids is 1. The summed E-state index contributed by atoms with van der Waals surface area (Å²) in [5, 5.41) is 8.91. The van der Waals surface area contributed by atoms with E-state index in [2.05, 4.69) is 0 Å². The lowest BCUT2D eigenvalue weighted by Crippen LogP contribution is -2.21. The zero-order valence-electron chi connectivity index (χ0n) is 11.1. The van der Waals surface area contributed by atoms with Gasteiger partial charge in [-0.2, -0.15) is 0 Å². The van der Waals surface area contributed by atoms with Crippen LogP contribution >= 0.6 is 10.7 Å². The van der Waals surface area contributed by atoms with Crippen LogP contribution < -0.4 is 4.74 Å². The van der Waals surface area contributed by atoms with Crippen LogP contribution in [0.1, 0.15) is 23.2 Å². The second-order valence-corrected chi connectivity index (χ2v) is 7.31. The van der Waals surface area contributed by atoms with Crippen molar-refractivity contribution in [2.24, 2.45) is 5.92 Å². The third-order valence-corrected chi connectivity index (χ3v) is 4.61. The van der Waals surface area contributed by atoms with Crippen LogP contribution in [0.3, 0.4) is 0 Å². The van der Waals surface area contributed by atoms with Crippen molar-refractivity contribution in [3.05, 3.63) is 23.8 Å². The molecule has 0 spiro atoms. The summed E-state index contributed by atoms with van der Waals surface area (Å²) in [6, 6.07) is 3.61. The molecule has 1 aromatic rings. The number of carboxylic acid groups (broad SMARTS) is 1. The summed E-state index contributed by atoms with van der Waals surface area (Å²) in [4.78, 5) is 10.6. The second-order valence-electron chi connectivity index (χ2n) is 4.77. The van der Waals surface area contributed by atoms with E-state index in [-0.39, 0.29) is 22.1 Å². The number of hydrogen-bond donors (Lipinski definition) is 1. The summed E-state index contributed by atoms with van der Waals surface area (Å²) >= 11 is 0. The standard InChI is InChI=1S/C13H15ClO6S/c14-21(17,18)12-7-10(13(15)16)1-2-11(12)20-8-9-3-5-19-6-4-9/h1-2,7,9H,3-6,8H2,(H,15,16). The van der Waals surface area contributed by atoms with E-state index in [1.165, 1.54) is 12.1 Å². The molecule has 2 rings (SSSR count). The maximum atomic E-state index is 11.6. The summed E-state index contributed by atoms with van der Waals surface area (Å²) < 4.78 is 33.9. The van der Waals surface area contributed by atoms with Gasteiger partial charge in [0.2, 0.25) is 0 Å². The third-order valence-electron chi connectivity index (χ3n) is 3.27. The fraction of sp³-hybridized carbons (Fsp3) is 0.462. The molecule has 0 bridgehead atoms. The molecule has 0 aromatic heterocycles. The minimum Gasteiger partial charge on any atom is -0.492 e. The van der Waals surface area contributed by atoms with Crippen molar-refractivity contribution < 1.29 is 27.8 Å². The zero-order chi connectivity index (χ0) is 15.5. The van der Waals surface area contributed by atoms with Crippen molar-refractivity contribution in [2.45, 2.75) is 17.7 Å². The molecular weight excluding hydrogens is 320 g/mol. The highest BCUT2D eigenvalue weighted by atomic mass is 35.7. The molecule has 0 aliphatic carbocycles. The van der Waals surface area contributed by atoms with Gasteiger partial charge in [0.05, 0.1) is 12.2 Å². The van der Waals surface area contributed by atoms with Crippen LogP contribution in [0.15, 0.2) is 23.1 Å². The summed E-state index contributed by atoms with van der Waals surface area (Å²) in [6.45, 7) is 1.66. The van der Waals surface area contributed by atoms with E-state index in [9.17, 15) is 13.2 Å². The van der Waals surface area contributed by atoms with Gasteiger partial charge in [0.25, 0.3) is 9.05 Å². The van der Waals surface area contributed by atoms with Gasteiger partial charge in [0.15, 0.2) is 0 Å². The Hall–Kier alpha value is -1.31. The maximum absolute atomic E-state index is 11.6. The first-order chi connectivity index (χ1) is 9.88. The van der Waals surface area contributed by atoms with Crippen molar-refractivity contribution in [3.63, 3.8) is 0 Å². The van der Waals surface area contributed by atoms with Crippen molar-refractivity contribution in [1.29, 1.82) is 0 Å². The molecule has 21 heavy (non-hydrogen) atoms. The summed E-state index contributed by atoms with van der Waals surface area (Å²) in [6.07, 6.45) is 1.69. The average molecular weight is 335 g/mol. The van der Waals surface area contributed by atoms with Gasteiger partial charge in [0.1, 0.15) is 10.6 Å². The maximum Gasteiger partial charge on any atom is 0.335 e. The molecule has 6 nitrogen and oxygen atoms in total. The molecule has 1 aliphatic rings. The highest BCUT2D eigenvalue weighted by Gasteiger charge is 2.21. The first-order valence-electron chi connectivity index (χ1n) is 6.40. The molecule has 1 aliphatic heterocycles. The molecule has 116 valence electrons. The van der Waals surface area contributed by atoms with Gasteiger partial charge in [-0.25, -0.2) is 13.2 Å². The first kappa shape index (κ1) is 16.1. The fourth-order valence-corrected chi connectivity index (χ4v) is 3.07. The first-order valence-corrected chi connectivity index (χ1v) is 8.71. The molecule has 1 N–H and O–H groups in total. The quantitative estimate of drug-likeness (QED) is 0.829. The lowest BCUT2D eigenvalue weighted by Gasteiger charge is -2.22. The van der Waals surface area contributed by atoms with E-state index in [1.54, 1.807) is 0 Å². The van der Waals surface area contributed by atoms with Crippen molar-refractivity contribution in [1.82, 2.24) is 0 Å². The number of rotatable bonds is 5. The Morgan fingerprint density at radius 3 is 2.62 bits per heavy atom. The molecule has 1 heterocycles. The number of carboxylic acids is 1. The molecule has 0 unspecified atom stereocenters. The van der Waals surface area contributed by atoms with Gasteiger partial charge in [-0.3, -0.25) is 0 Å². The van der Waals surface area contributed by atoms with Gasteiger partial charge in [-0.1, -0.05) is 0 Å². The van der Waals surface area contributed by atoms with E-state index < -0.39 is 15.0 Å². The Labute approximate surface area is 127 Å². The van der Waals surface area contributed by atoms with Gasteiger partial charge >= 0.3 is 5.97 Å². The number of ether oxygens (including phenoxy) is 2. The Morgan fingerprint density at radius 2 is 2.05 bits per heavy atom. The Kier molecular flexibility index (Phi) is 5.08. The summed E-state index contributed by atoms with van der Waals surface area (Å²) in [5.41, 5.74) is -0.160. The van der Waals surface area contributed by atoms with E-state index in [4.69, 9.17) is 25.3 Å². The van der Waals surface area contributed by atoms with Gasteiger partial charge < -0.3 is 14.6 Å². The smallest absolute Gasteiger partial charge is 0.335 e. The fourth-order valence-electron chi connectivity index (χ4n) is 2.07. The molecule has 8 heteroatoms. The third kappa shape index (κ3) is 4.33.